The second kappa shape index (κ2) is 5.01. The van der Waals surface area contributed by atoms with Crippen LogP contribution in [0.2, 0.25) is 0 Å². The minimum atomic E-state index is 0.670. The van der Waals surface area contributed by atoms with Gasteiger partial charge in [-0.3, -0.25) is 4.98 Å². The highest BCUT2D eigenvalue weighted by Crippen LogP contribution is 2.29. The Balaban J connectivity index is 2.57. The molecule has 0 aliphatic rings. The molecule has 0 fully saturated rings. The summed E-state index contributed by atoms with van der Waals surface area (Å²) in [6.07, 6.45) is 2.55. The lowest BCUT2D eigenvalue weighted by Gasteiger charge is -2.11. The van der Waals surface area contributed by atoms with Crippen LogP contribution in [0, 0.1) is 0 Å². The van der Waals surface area contributed by atoms with E-state index in [-0.39, 0.29) is 0 Å². The molecule has 0 aliphatic carbocycles. The van der Waals surface area contributed by atoms with Crippen LogP contribution in [-0.2, 0) is 11.2 Å². The maximum atomic E-state index is 5.90. The highest BCUT2D eigenvalue weighted by molar-refractivity contribution is 5.98. The molecule has 0 spiro atoms. The highest BCUT2D eigenvalue weighted by Gasteiger charge is 2.08. The Hall–Kier alpha value is -1.81. The summed E-state index contributed by atoms with van der Waals surface area (Å²) in [6, 6.07) is 6.13. The van der Waals surface area contributed by atoms with Crippen molar-refractivity contribution in [2.75, 3.05) is 31.8 Å². The van der Waals surface area contributed by atoms with E-state index >= 15 is 0 Å². The van der Waals surface area contributed by atoms with E-state index in [0.29, 0.717) is 12.3 Å². The summed E-state index contributed by atoms with van der Waals surface area (Å²) in [5, 5.41) is 4.18. The number of fused-ring (bicyclic) bond motifs is 1. The second-order valence-electron chi connectivity index (χ2n) is 3.89. The summed E-state index contributed by atoms with van der Waals surface area (Å²) in [6.45, 7) is 0.695. The molecule has 1 heterocycles. The third kappa shape index (κ3) is 2.17. The van der Waals surface area contributed by atoms with E-state index in [9.17, 15) is 0 Å². The molecule has 90 valence electrons. The molecule has 3 N–H and O–H groups in total. The van der Waals surface area contributed by atoms with Gasteiger partial charge in [0, 0.05) is 19.5 Å². The second-order valence-corrected chi connectivity index (χ2v) is 3.89. The number of nitrogens with zero attached hydrogens (tertiary/aromatic N) is 1. The van der Waals surface area contributed by atoms with Gasteiger partial charge in [-0.25, -0.2) is 0 Å². The average Bonchev–Trinajstić information content (AvgIpc) is 2.36. The number of hydrogen-bond acceptors (Lipinski definition) is 4. The SMILES string of the molecule is CNc1c(N)cnc2c(CCOC)cccc12. The number of nitrogens with one attached hydrogen (secondary N) is 1. The molecule has 1 aromatic carbocycles. The van der Waals surface area contributed by atoms with Crippen LogP contribution in [0.15, 0.2) is 24.4 Å². The minimum Gasteiger partial charge on any atom is -0.396 e. The normalized spacial score (nSPS) is 10.7. The maximum Gasteiger partial charge on any atom is 0.0757 e. The van der Waals surface area contributed by atoms with E-state index in [2.05, 4.69) is 16.4 Å². The minimum absolute atomic E-state index is 0.670. The summed E-state index contributed by atoms with van der Waals surface area (Å²) in [5.74, 6) is 0. The molecule has 17 heavy (non-hydrogen) atoms. The van der Waals surface area contributed by atoms with Crippen LogP contribution in [0.5, 0.6) is 0 Å². The molecular weight excluding hydrogens is 214 g/mol. The van der Waals surface area contributed by atoms with Crippen LogP contribution in [-0.4, -0.2) is 25.7 Å². The van der Waals surface area contributed by atoms with Crippen LogP contribution in [0.25, 0.3) is 10.9 Å². The molecule has 0 radical (unpaired) electrons. The molecule has 2 aromatic rings. The Kier molecular flexibility index (Phi) is 3.44. The van der Waals surface area contributed by atoms with E-state index < -0.39 is 0 Å². The van der Waals surface area contributed by atoms with Crippen molar-refractivity contribution in [3.8, 4) is 0 Å². The van der Waals surface area contributed by atoms with Crippen LogP contribution in [0.4, 0.5) is 11.4 Å². The quantitative estimate of drug-likeness (QED) is 0.845. The fraction of sp³-hybridized carbons (Fsp3) is 0.308. The van der Waals surface area contributed by atoms with E-state index in [1.165, 1.54) is 5.56 Å². The van der Waals surface area contributed by atoms with Gasteiger partial charge in [0.05, 0.1) is 29.7 Å². The van der Waals surface area contributed by atoms with Crippen molar-refractivity contribution in [2.45, 2.75) is 6.42 Å². The smallest absolute Gasteiger partial charge is 0.0757 e. The number of aromatic nitrogens is 1. The Labute approximate surface area is 101 Å². The van der Waals surface area contributed by atoms with Crippen molar-refractivity contribution in [3.63, 3.8) is 0 Å². The van der Waals surface area contributed by atoms with E-state index in [1.807, 2.05) is 19.2 Å². The van der Waals surface area contributed by atoms with Crippen molar-refractivity contribution in [1.29, 1.82) is 0 Å². The number of pyridine rings is 1. The first-order valence-corrected chi connectivity index (χ1v) is 5.60. The molecule has 0 saturated carbocycles. The molecule has 4 heteroatoms. The summed E-state index contributed by atoms with van der Waals surface area (Å²) >= 11 is 0. The lowest BCUT2D eigenvalue weighted by Crippen LogP contribution is -2.01. The maximum absolute atomic E-state index is 5.90. The fourth-order valence-electron chi connectivity index (χ4n) is 1.99. The first kappa shape index (κ1) is 11.7. The average molecular weight is 231 g/mol. The number of benzene rings is 1. The third-order valence-corrected chi connectivity index (χ3v) is 2.84. The number of nitrogen functional groups attached to an aromatic ring is 1. The third-order valence-electron chi connectivity index (χ3n) is 2.84. The fourth-order valence-corrected chi connectivity index (χ4v) is 1.99. The highest BCUT2D eigenvalue weighted by atomic mass is 16.5. The Morgan fingerprint density at radius 3 is 2.94 bits per heavy atom. The number of nitrogens with two attached hydrogens (primary N) is 1. The number of para-hydroxylation sites is 1. The van der Waals surface area contributed by atoms with Gasteiger partial charge < -0.3 is 15.8 Å². The van der Waals surface area contributed by atoms with E-state index in [4.69, 9.17) is 10.5 Å². The summed E-state index contributed by atoms with van der Waals surface area (Å²) < 4.78 is 5.11. The van der Waals surface area contributed by atoms with Gasteiger partial charge in [0.2, 0.25) is 0 Å². The number of anilines is 2. The monoisotopic (exact) mass is 231 g/mol. The molecule has 0 bridgehead atoms. The first-order chi connectivity index (χ1) is 8.27. The van der Waals surface area contributed by atoms with Gasteiger partial charge >= 0.3 is 0 Å². The van der Waals surface area contributed by atoms with Crippen molar-refractivity contribution in [1.82, 2.24) is 4.98 Å². The molecule has 0 unspecified atom stereocenters. The molecule has 2 rings (SSSR count). The van der Waals surface area contributed by atoms with Gasteiger partial charge in [0.25, 0.3) is 0 Å². The molecule has 0 aliphatic heterocycles. The van der Waals surface area contributed by atoms with E-state index in [1.54, 1.807) is 13.3 Å². The molecule has 0 amide bonds. The molecular formula is C13H17N3O. The van der Waals surface area contributed by atoms with Gasteiger partial charge in [-0.15, -0.1) is 0 Å². The van der Waals surface area contributed by atoms with Gasteiger partial charge in [0.1, 0.15) is 0 Å². The zero-order valence-electron chi connectivity index (χ0n) is 10.2. The topological polar surface area (TPSA) is 60.2 Å². The van der Waals surface area contributed by atoms with Crippen molar-refractivity contribution >= 4 is 22.3 Å². The molecule has 0 saturated heterocycles. The van der Waals surface area contributed by atoms with E-state index in [0.717, 1.165) is 23.0 Å². The van der Waals surface area contributed by atoms with Crippen LogP contribution in [0.1, 0.15) is 5.56 Å². The predicted molar refractivity (Wildman–Crippen MR) is 71.3 cm³/mol. The number of rotatable bonds is 4. The summed E-state index contributed by atoms with van der Waals surface area (Å²) in [4.78, 5) is 4.42. The predicted octanol–water partition coefficient (Wildman–Crippen LogP) is 2.05. The summed E-state index contributed by atoms with van der Waals surface area (Å²) in [7, 11) is 3.57. The first-order valence-electron chi connectivity index (χ1n) is 5.60. The zero-order chi connectivity index (χ0) is 12.3. The van der Waals surface area contributed by atoms with Crippen LogP contribution >= 0.6 is 0 Å². The van der Waals surface area contributed by atoms with Gasteiger partial charge in [-0.1, -0.05) is 18.2 Å². The number of methoxy groups -OCH3 is 1. The lowest BCUT2D eigenvalue weighted by molar-refractivity contribution is 0.202. The van der Waals surface area contributed by atoms with Crippen LogP contribution < -0.4 is 11.1 Å². The number of hydrogen-bond donors (Lipinski definition) is 2. The Morgan fingerprint density at radius 1 is 1.41 bits per heavy atom. The molecule has 1 aromatic heterocycles. The van der Waals surface area contributed by atoms with Gasteiger partial charge in [-0.2, -0.15) is 0 Å². The zero-order valence-corrected chi connectivity index (χ0v) is 10.2. The van der Waals surface area contributed by atoms with Crippen molar-refractivity contribution in [3.05, 3.63) is 30.0 Å². The lowest BCUT2D eigenvalue weighted by atomic mass is 10.1. The van der Waals surface area contributed by atoms with Crippen LogP contribution in [0.3, 0.4) is 0 Å². The standard InChI is InChI=1S/C13H17N3O/c1-15-13-10-5-3-4-9(6-7-17-2)12(10)16-8-11(13)14/h3-5,8H,6-7,14H2,1-2H3,(H,15,16). The Bertz CT molecular complexity index is 525. The van der Waals surface area contributed by atoms with Gasteiger partial charge in [-0.05, 0) is 12.0 Å². The van der Waals surface area contributed by atoms with Gasteiger partial charge in [0.15, 0.2) is 0 Å². The summed E-state index contributed by atoms with van der Waals surface area (Å²) in [5.41, 5.74) is 9.68. The Morgan fingerprint density at radius 2 is 2.24 bits per heavy atom. The largest absolute Gasteiger partial charge is 0.396 e. The molecule has 0 atom stereocenters. The van der Waals surface area contributed by atoms with Crippen molar-refractivity contribution in [2.24, 2.45) is 0 Å². The molecule has 4 nitrogen and oxygen atoms in total. The number of ether oxygens (including phenoxy) is 1. The van der Waals surface area contributed by atoms with Crippen molar-refractivity contribution < 1.29 is 4.74 Å².